The van der Waals surface area contributed by atoms with Gasteiger partial charge in [0.15, 0.2) is 0 Å². The van der Waals surface area contributed by atoms with Crippen LogP contribution in [0.2, 0.25) is 0 Å². The SMILES string of the molecule is COc1ccccc1NCC(=O)NC(CC(C)C)C(=O)O. The number of anilines is 1. The standard InChI is InChI=1S/C15H22N2O4/c1-10(2)8-12(15(19)20)17-14(18)9-16-11-6-4-5-7-13(11)21-3/h4-7,10,12,16H,8-9H2,1-3H3,(H,17,18)(H,19,20). The molecule has 0 aliphatic heterocycles. The lowest BCUT2D eigenvalue weighted by Crippen LogP contribution is -2.44. The number of benzene rings is 1. The van der Waals surface area contributed by atoms with E-state index in [4.69, 9.17) is 9.84 Å². The Morgan fingerprint density at radius 1 is 1.29 bits per heavy atom. The zero-order chi connectivity index (χ0) is 15.8. The average molecular weight is 294 g/mol. The normalized spacial score (nSPS) is 11.8. The first-order valence-corrected chi connectivity index (χ1v) is 6.83. The molecular weight excluding hydrogens is 272 g/mol. The lowest BCUT2D eigenvalue weighted by atomic mass is 10.0. The van der Waals surface area contributed by atoms with Gasteiger partial charge in [-0.15, -0.1) is 0 Å². The first-order chi connectivity index (χ1) is 9.93. The average Bonchev–Trinajstić information content (AvgIpc) is 2.44. The zero-order valence-electron chi connectivity index (χ0n) is 12.6. The van der Waals surface area contributed by atoms with Crippen LogP contribution < -0.4 is 15.4 Å². The van der Waals surface area contributed by atoms with Crippen LogP contribution in [0.1, 0.15) is 20.3 Å². The van der Waals surface area contributed by atoms with Crippen LogP contribution in [0.4, 0.5) is 5.69 Å². The van der Waals surface area contributed by atoms with Gasteiger partial charge in [0.1, 0.15) is 11.8 Å². The van der Waals surface area contributed by atoms with E-state index < -0.39 is 12.0 Å². The van der Waals surface area contributed by atoms with Gasteiger partial charge in [-0.25, -0.2) is 4.79 Å². The van der Waals surface area contributed by atoms with Gasteiger partial charge in [0.05, 0.1) is 19.3 Å². The Kier molecular flexibility index (Phi) is 6.52. The van der Waals surface area contributed by atoms with E-state index in [0.29, 0.717) is 17.9 Å². The summed E-state index contributed by atoms with van der Waals surface area (Å²) >= 11 is 0. The number of rotatable bonds is 8. The highest BCUT2D eigenvalue weighted by molar-refractivity contribution is 5.86. The minimum absolute atomic E-state index is 0.0117. The van der Waals surface area contributed by atoms with Crippen molar-refractivity contribution >= 4 is 17.6 Å². The van der Waals surface area contributed by atoms with Crippen molar-refractivity contribution in [3.8, 4) is 5.75 Å². The zero-order valence-corrected chi connectivity index (χ0v) is 12.6. The molecule has 3 N–H and O–H groups in total. The molecule has 0 heterocycles. The molecule has 1 rings (SSSR count). The summed E-state index contributed by atoms with van der Waals surface area (Å²) in [5, 5.41) is 14.5. The van der Waals surface area contributed by atoms with Gasteiger partial charge >= 0.3 is 5.97 Å². The number of carbonyl (C=O) groups excluding carboxylic acids is 1. The summed E-state index contributed by atoms with van der Waals surface area (Å²) in [7, 11) is 1.55. The van der Waals surface area contributed by atoms with E-state index in [-0.39, 0.29) is 18.4 Å². The lowest BCUT2D eigenvalue weighted by Gasteiger charge is -2.17. The largest absolute Gasteiger partial charge is 0.495 e. The molecule has 0 spiro atoms. The van der Waals surface area contributed by atoms with Crippen LogP contribution in [0.25, 0.3) is 0 Å². The second-order valence-electron chi connectivity index (χ2n) is 5.14. The summed E-state index contributed by atoms with van der Waals surface area (Å²) in [6, 6.07) is 6.35. The van der Waals surface area contributed by atoms with Gasteiger partial charge in [-0.05, 0) is 24.5 Å². The van der Waals surface area contributed by atoms with Crippen molar-refractivity contribution in [1.29, 1.82) is 0 Å². The number of hydrogen-bond donors (Lipinski definition) is 3. The number of carbonyl (C=O) groups is 2. The van der Waals surface area contributed by atoms with Crippen molar-refractivity contribution in [2.24, 2.45) is 5.92 Å². The summed E-state index contributed by atoms with van der Waals surface area (Å²) in [5.41, 5.74) is 0.686. The van der Waals surface area contributed by atoms with E-state index in [1.807, 2.05) is 26.0 Å². The number of hydrogen-bond acceptors (Lipinski definition) is 4. The van der Waals surface area contributed by atoms with Crippen molar-refractivity contribution in [2.45, 2.75) is 26.3 Å². The molecule has 0 aromatic heterocycles. The van der Waals surface area contributed by atoms with Crippen LogP contribution in [0.15, 0.2) is 24.3 Å². The van der Waals surface area contributed by atoms with Crippen molar-refractivity contribution in [2.75, 3.05) is 19.0 Å². The van der Waals surface area contributed by atoms with Gasteiger partial charge < -0.3 is 20.5 Å². The Bertz CT molecular complexity index is 488. The van der Waals surface area contributed by atoms with Gasteiger partial charge in [0.2, 0.25) is 5.91 Å². The molecule has 6 nitrogen and oxygen atoms in total. The summed E-state index contributed by atoms with van der Waals surface area (Å²) in [5.74, 6) is -0.570. The molecule has 0 fully saturated rings. The van der Waals surface area contributed by atoms with Gasteiger partial charge in [0.25, 0.3) is 0 Å². The fourth-order valence-corrected chi connectivity index (χ4v) is 1.90. The molecule has 0 aliphatic carbocycles. The summed E-state index contributed by atoms with van der Waals surface area (Å²) in [4.78, 5) is 22.9. The molecule has 1 amide bonds. The summed E-state index contributed by atoms with van der Waals surface area (Å²) in [6.07, 6.45) is 0.399. The second-order valence-corrected chi connectivity index (χ2v) is 5.14. The van der Waals surface area contributed by atoms with Crippen molar-refractivity contribution in [1.82, 2.24) is 5.32 Å². The predicted molar refractivity (Wildman–Crippen MR) is 80.5 cm³/mol. The predicted octanol–water partition coefficient (Wildman–Crippen LogP) is 1.72. The maximum Gasteiger partial charge on any atom is 0.326 e. The molecule has 1 aromatic carbocycles. The fourth-order valence-electron chi connectivity index (χ4n) is 1.90. The number of carboxylic acids is 1. The van der Waals surface area contributed by atoms with E-state index in [2.05, 4.69) is 10.6 Å². The van der Waals surface area contributed by atoms with Crippen LogP contribution in [-0.4, -0.2) is 36.7 Å². The van der Waals surface area contributed by atoms with Gasteiger partial charge in [-0.3, -0.25) is 4.79 Å². The highest BCUT2D eigenvalue weighted by Gasteiger charge is 2.20. The highest BCUT2D eigenvalue weighted by atomic mass is 16.5. The lowest BCUT2D eigenvalue weighted by molar-refractivity contribution is -0.142. The summed E-state index contributed by atoms with van der Waals surface area (Å²) < 4.78 is 5.16. The number of para-hydroxylation sites is 2. The van der Waals surface area contributed by atoms with Crippen LogP contribution in [0, 0.1) is 5.92 Å². The third-order valence-corrected chi connectivity index (χ3v) is 2.89. The van der Waals surface area contributed by atoms with E-state index in [0.717, 1.165) is 0 Å². The second kappa shape index (κ2) is 8.14. The molecule has 1 atom stereocenters. The molecule has 0 bridgehead atoms. The third kappa shape index (κ3) is 5.72. The summed E-state index contributed by atoms with van der Waals surface area (Å²) in [6.45, 7) is 3.81. The Hall–Kier alpha value is -2.24. The van der Waals surface area contributed by atoms with E-state index in [1.165, 1.54) is 0 Å². The Balaban J connectivity index is 2.54. The topological polar surface area (TPSA) is 87.7 Å². The number of methoxy groups -OCH3 is 1. The van der Waals surface area contributed by atoms with E-state index >= 15 is 0 Å². The monoisotopic (exact) mass is 294 g/mol. The minimum atomic E-state index is -1.02. The Labute approximate surface area is 124 Å². The fraction of sp³-hybridized carbons (Fsp3) is 0.467. The van der Waals surface area contributed by atoms with Gasteiger partial charge in [-0.1, -0.05) is 26.0 Å². The van der Waals surface area contributed by atoms with E-state index in [1.54, 1.807) is 19.2 Å². The molecule has 0 aliphatic rings. The van der Waals surface area contributed by atoms with Crippen LogP contribution in [0.3, 0.4) is 0 Å². The maximum atomic E-state index is 11.8. The molecule has 116 valence electrons. The third-order valence-electron chi connectivity index (χ3n) is 2.89. The number of nitrogens with one attached hydrogen (secondary N) is 2. The first kappa shape index (κ1) is 16.8. The number of amides is 1. The molecule has 0 saturated carbocycles. The quantitative estimate of drug-likeness (QED) is 0.679. The van der Waals surface area contributed by atoms with Crippen molar-refractivity contribution in [3.05, 3.63) is 24.3 Å². The van der Waals surface area contributed by atoms with Gasteiger partial charge in [0, 0.05) is 0 Å². The maximum absolute atomic E-state index is 11.8. The number of ether oxygens (including phenoxy) is 1. The minimum Gasteiger partial charge on any atom is -0.495 e. The smallest absolute Gasteiger partial charge is 0.326 e. The molecule has 1 unspecified atom stereocenters. The van der Waals surface area contributed by atoms with E-state index in [9.17, 15) is 9.59 Å². The Morgan fingerprint density at radius 2 is 1.95 bits per heavy atom. The molecule has 6 heteroatoms. The molecule has 0 saturated heterocycles. The number of carboxylic acid groups (broad SMARTS) is 1. The first-order valence-electron chi connectivity index (χ1n) is 6.83. The van der Waals surface area contributed by atoms with Crippen LogP contribution >= 0.6 is 0 Å². The van der Waals surface area contributed by atoms with Gasteiger partial charge in [-0.2, -0.15) is 0 Å². The molecule has 1 aromatic rings. The molecular formula is C15H22N2O4. The van der Waals surface area contributed by atoms with Crippen LogP contribution in [-0.2, 0) is 9.59 Å². The molecule has 0 radical (unpaired) electrons. The number of aliphatic carboxylic acids is 1. The Morgan fingerprint density at radius 3 is 2.52 bits per heavy atom. The van der Waals surface area contributed by atoms with Crippen molar-refractivity contribution in [3.63, 3.8) is 0 Å². The van der Waals surface area contributed by atoms with Crippen LogP contribution in [0.5, 0.6) is 5.75 Å². The van der Waals surface area contributed by atoms with Crippen molar-refractivity contribution < 1.29 is 19.4 Å². The highest BCUT2D eigenvalue weighted by Crippen LogP contribution is 2.22. The molecule has 21 heavy (non-hydrogen) atoms.